The van der Waals surface area contributed by atoms with Gasteiger partial charge in [-0.2, -0.15) is 0 Å². The summed E-state index contributed by atoms with van der Waals surface area (Å²) < 4.78 is 0. The quantitative estimate of drug-likeness (QED) is 0.346. The lowest BCUT2D eigenvalue weighted by Crippen LogP contribution is -2.57. The van der Waals surface area contributed by atoms with Gasteiger partial charge in [0.05, 0.1) is 17.3 Å². The van der Waals surface area contributed by atoms with Crippen LogP contribution in [0.2, 0.25) is 0 Å². The number of carbonyl (C=O) groups excluding carboxylic acids is 3. The van der Waals surface area contributed by atoms with E-state index in [0.29, 0.717) is 6.42 Å². The van der Waals surface area contributed by atoms with E-state index in [1.54, 1.807) is 19.2 Å². The Morgan fingerprint density at radius 3 is 2.08 bits per heavy atom. The van der Waals surface area contributed by atoms with Crippen molar-refractivity contribution in [3.05, 3.63) is 65.7 Å². The van der Waals surface area contributed by atoms with Crippen molar-refractivity contribution in [1.29, 1.82) is 0 Å². The van der Waals surface area contributed by atoms with Crippen LogP contribution in [0.5, 0.6) is 0 Å². The highest BCUT2D eigenvalue weighted by atomic mass is 16.4. The maximum Gasteiger partial charge on any atom is 0.337 e. The van der Waals surface area contributed by atoms with Gasteiger partial charge in [-0.05, 0) is 36.0 Å². The standard InChI is InChI=1S/C28H38N4O5/c1-17(2)15-22(25(33)30-21-14-10-9-13-20(21)28(36)37)31-26(34)23(16-19-11-7-6-8-12-19)32(5)27(35)24(29)18(3)4/h6-14,17-18,22-24H,15-16,29H2,1-5H3,(H,30,33)(H,31,34)(H,36,37)/t22-,23-,24-/m0/s1. The second-order valence-electron chi connectivity index (χ2n) is 9.96. The molecule has 0 spiro atoms. The van der Waals surface area contributed by atoms with Gasteiger partial charge in [0.2, 0.25) is 17.7 Å². The van der Waals surface area contributed by atoms with Crippen LogP contribution in [0, 0.1) is 11.8 Å². The van der Waals surface area contributed by atoms with Crippen LogP contribution in [0.4, 0.5) is 5.69 Å². The first-order valence-corrected chi connectivity index (χ1v) is 12.4. The van der Waals surface area contributed by atoms with Crippen LogP contribution in [-0.2, 0) is 20.8 Å². The molecule has 0 bridgehead atoms. The average Bonchev–Trinajstić information content (AvgIpc) is 2.85. The van der Waals surface area contributed by atoms with E-state index in [2.05, 4.69) is 10.6 Å². The minimum Gasteiger partial charge on any atom is -0.478 e. The predicted molar refractivity (Wildman–Crippen MR) is 143 cm³/mol. The minimum atomic E-state index is -1.18. The molecule has 0 saturated heterocycles. The van der Waals surface area contributed by atoms with Gasteiger partial charge in [0.25, 0.3) is 0 Å². The van der Waals surface area contributed by atoms with Gasteiger partial charge in [-0.15, -0.1) is 0 Å². The van der Waals surface area contributed by atoms with Crippen molar-refractivity contribution in [2.75, 3.05) is 12.4 Å². The van der Waals surface area contributed by atoms with Crippen molar-refractivity contribution in [2.24, 2.45) is 17.6 Å². The van der Waals surface area contributed by atoms with Crippen molar-refractivity contribution in [3.8, 4) is 0 Å². The Morgan fingerprint density at radius 1 is 0.919 bits per heavy atom. The summed E-state index contributed by atoms with van der Waals surface area (Å²) in [7, 11) is 1.54. The van der Waals surface area contributed by atoms with Gasteiger partial charge in [0, 0.05) is 13.5 Å². The van der Waals surface area contributed by atoms with Crippen LogP contribution in [0.1, 0.15) is 50.0 Å². The van der Waals surface area contributed by atoms with Gasteiger partial charge < -0.3 is 26.4 Å². The zero-order valence-electron chi connectivity index (χ0n) is 22.1. The number of nitrogens with zero attached hydrogens (tertiary/aromatic N) is 1. The smallest absolute Gasteiger partial charge is 0.337 e. The molecule has 9 nitrogen and oxygen atoms in total. The van der Waals surface area contributed by atoms with Crippen LogP contribution in [0.15, 0.2) is 54.6 Å². The molecule has 0 unspecified atom stereocenters. The molecule has 0 fully saturated rings. The number of amides is 3. The van der Waals surface area contributed by atoms with Gasteiger partial charge in [-0.3, -0.25) is 14.4 Å². The maximum absolute atomic E-state index is 13.6. The summed E-state index contributed by atoms with van der Waals surface area (Å²) in [5.41, 5.74) is 7.03. The van der Waals surface area contributed by atoms with Gasteiger partial charge in [-0.1, -0.05) is 70.2 Å². The second kappa shape index (κ2) is 13.5. The Balaban J connectivity index is 2.33. The van der Waals surface area contributed by atoms with Gasteiger partial charge in [0.15, 0.2) is 0 Å². The zero-order chi connectivity index (χ0) is 27.7. The predicted octanol–water partition coefficient (Wildman–Crippen LogP) is 2.91. The van der Waals surface area contributed by atoms with Crippen LogP contribution in [0.3, 0.4) is 0 Å². The number of anilines is 1. The SMILES string of the molecule is CC(C)C[C@H](NC(=O)[C@H](Cc1ccccc1)N(C)C(=O)[C@@H](N)C(C)C)C(=O)Nc1ccccc1C(=O)O. The van der Waals surface area contributed by atoms with E-state index in [-0.39, 0.29) is 35.4 Å². The number of carbonyl (C=O) groups is 4. The third kappa shape index (κ3) is 8.42. The van der Waals surface area contributed by atoms with E-state index >= 15 is 0 Å². The number of benzene rings is 2. The number of aromatic carboxylic acids is 1. The number of hydrogen-bond acceptors (Lipinski definition) is 5. The molecular formula is C28H38N4O5. The summed E-state index contributed by atoms with van der Waals surface area (Å²) in [6.07, 6.45) is 0.547. The lowest BCUT2D eigenvalue weighted by molar-refractivity contribution is -0.141. The fourth-order valence-electron chi connectivity index (χ4n) is 3.89. The Bertz CT molecular complexity index is 1090. The van der Waals surface area contributed by atoms with Crippen molar-refractivity contribution in [2.45, 2.75) is 58.7 Å². The molecule has 5 N–H and O–H groups in total. The Kier molecular flexibility index (Phi) is 10.8. The number of likely N-dealkylation sites (N-methyl/N-ethyl adjacent to an activating group) is 1. The van der Waals surface area contributed by atoms with E-state index in [4.69, 9.17) is 5.73 Å². The highest BCUT2D eigenvalue weighted by Crippen LogP contribution is 2.17. The minimum absolute atomic E-state index is 0.0482. The summed E-state index contributed by atoms with van der Waals surface area (Å²) >= 11 is 0. The van der Waals surface area contributed by atoms with Crippen LogP contribution >= 0.6 is 0 Å². The zero-order valence-corrected chi connectivity index (χ0v) is 22.1. The van der Waals surface area contributed by atoms with Crippen molar-refractivity contribution >= 4 is 29.4 Å². The number of para-hydroxylation sites is 1. The first kappa shape index (κ1) is 29.5. The molecule has 2 aromatic rings. The molecule has 0 aliphatic rings. The highest BCUT2D eigenvalue weighted by molar-refractivity contribution is 6.03. The third-order valence-corrected chi connectivity index (χ3v) is 6.15. The number of carboxylic acids is 1. The third-order valence-electron chi connectivity index (χ3n) is 6.15. The van der Waals surface area contributed by atoms with Crippen molar-refractivity contribution in [3.63, 3.8) is 0 Å². The molecule has 2 rings (SSSR count). The highest BCUT2D eigenvalue weighted by Gasteiger charge is 2.33. The summed E-state index contributed by atoms with van der Waals surface area (Å²) in [5.74, 6) is -2.66. The molecule has 0 aromatic heterocycles. The molecule has 0 saturated carbocycles. The van der Waals surface area contributed by atoms with Crippen molar-refractivity contribution < 1.29 is 24.3 Å². The molecule has 0 radical (unpaired) electrons. The number of rotatable bonds is 12. The topological polar surface area (TPSA) is 142 Å². The van der Waals surface area contributed by atoms with Crippen LogP contribution in [-0.4, -0.2) is 58.9 Å². The Labute approximate surface area is 218 Å². The summed E-state index contributed by atoms with van der Waals surface area (Å²) in [6, 6.07) is 12.7. The maximum atomic E-state index is 13.6. The van der Waals surface area contributed by atoms with E-state index < -0.39 is 35.9 Å². The second-order valence-corrected chi connectivity index (χ2v) is 9.96. The summed E-state index contributed by atoms with van der Waals surface area (Å²) in [5, 5.41) is 14.9. The van der Waals surface area contributed by atoms with Crippen LogP contribution in [0.25, 0.3) is 0 Å². The molecule has 3 amide bonds. The molecule has 37 heavy (non-hydrogen) atoms. The van der Waals surface area contributed by atoms with Gasteiger partial charge >= 0.3 is 5.97 Å². The number of nitrogens with one attached hydrogen (secondary N) is 2. The molecule has 200 valence electrons. The molecule has 0 aliphatic heterocycles. The van der Waals surface area contributed by atoms with Gasteiger partial charge in [-0.25, -0.2) is 4.79 Å². The molecule has 2 aromatic carbocycles. The fraction of sp³-hybridized carbons (Fsp3) is 0.429. The van der Waals surface area contributed by atoms with E-state index in [1.807, 2.05) is 58.0 Å². The van der Waals surface area contributed by atoms with E-state index in [0.717, 1.165) is 5.56 Å². The number of nitrogens with two attached hydrogens (primary N) is 1. The Hall–Kier alpha value is -3.72. The molecular weight excluding hydrogens is 472 g/mol. The lowest BCUT2D eigenvalue weighted by atomic mass is 9.98. The number of carboxylic acid groups (broad SMARTS) is 1. The molecule has 3 atom stereocenters. The largest absolute Gasteiger partial charge is 0.478 e. The Morgan fingerprint density at radius 2 is 1.51 bits per heavy atom. The first-order valence-electron chi connectivity index (χ1n) is 12.4. The average molecular weight is 511 g/mol. The molecule has 0 aliphatic carbocycles. The monoisotopic (exact) mass is 510 g/mol. The molecule has 9 heteroatoms. The number of hydrogen-bond donors (Lipinski definition) is 4. The molecule has 0 heterocycles. The van der Waals surface area contributed by atoms with Crippen LogP contribution < -0.4 is 16.4 Å². The summed E-state index contributed by atoms with van der Waals surface area (Å²) in [4.78, 5) is 52.8. The van der Waals surface area contributed by atoms with Crippen molar-refractivity contribution in [1.82, 2.24) is 10.2 Å². The normalized spacial score (nSPS) is 13.5. The summed E-state index contributed by atoms with van der Waals surface area (Å²) in [6.45, 7) is 7.49. The van der Waals surface area contributed by atoms with E-state index in [1.165, 1.54) is 17.0 Å². The first-order chi connectivity index (χ1) is 17.4. The van der Waals surface area contributed by atoms with E-state index in [9.17, 15) is 24.3 Å². The van der Waals surface area contributed by atoms with Gasteiger partial charge in [0.1, 0.15) is 12.1 Å². The lowest BCUT2D eigenvalue weighted by Gasteiger charge is -2.32. The fourth-order valence-corrected chi connectivity index (χ4v) is 3.89.